The summed E-state index contributed by atoms with van der Waals surface area (Å²) in [7, 11) is 0. The van der Waals surface area contributed by atoms with Crippen molar-refractivity contribution < 1.29 is 24.6 Å². The first-order valence-electron chi connectivity index (χ1n) is 9.40. The van der Waals surface area contributed by atoms with Crippen molar-refractivity contribution in [1.29, 1.82) is 0 Å². The molecule has 1 aromatic carbocycles. The fourth-order valence-electron chi connectivity index (χ4n) is 2.68. The van der Waals surface area contributed by atoms with Crippen molar-refractivity contribution in [1.82, 2.24) is 5.06 Å². The summed E-state index contributed by atoms with van der Waals surface area (Å²) < 4.78 is 0. The molecule has 0 saturated carbocycles. The van der Waals surface area contributed by atoms with Crippen LogP contribution in [0.15, 0.2) is 30.3 Å². The van der Waals surface area contributed by atoms with E-state index in [0.29, 0.717) is 0 Å². The second kappa shape index (κ2) is 11.7. The first kappa shape index (κ1) is 23.1. The van der Waals surface area contributed by atoms with Crippen molar-refractivity contribution >= 4 is 11.9 Å². The Morgan fingerprint density at radius 1 is 1.22 bits per heavy atom. The predicted octanol–water partition coefficient (Wildman–Crippen LogP) is 2.15. The van der Waals surface area contributed by atoms with Gasteiger partial charge in [-0.3, -0.25) is 9.63 Å². The lowest BCUT2D eigenvalue weighted by atomic mass is 9.97. The Bertz CT molecular complexity index is 581. The third-order valence-corrected chi connectivity index (χ3v) is 4.85. The molecule has 7 nitrogen and oxygen atoms in total. The number of carbonyl (C=O) groups excluding carboxylic acids is 1. The van der Waals surface area contributed by atoms with E-state index in [2.05, 4.69) is 0 Å². The molecular weight excluding hydrogens is 348 g/mol. The Morgan fingerprint density at radius 3 is 2.37 bits per heavy atom. The Morgan fingerprint density at radius 2 is 1.85 bits per heavy atom. The number of amides is 1. The predicted molar refractivity (Wildman–Crippen MR) is 103 cm³/mol. The third kappa shape index (κ3) is 7.28. The van der Waals surface area contributed by atoms with Crippen LogP contribution in [0.5, 0.6) is 0 Å². The van der Waals surface area contributed by atoms with Gasteiger partial charge in [-0.15, -0.1) is 0 Å². The summed E-state index contributed by atoms with van der Waals surface area (Å²) in [4.78, 5) is 30.0. The molecule has 27 heavy (non-hydrogen) atoms. The van der Waals surface area contributed by atoms with Crippen LogP contribution in [0.1, 0.15) is 51.5 Å². The lowest BCUT2D eigenvalue weighted by molar-refractivity contribution is -0.211. The lowest BCUT2D eigenvalue weighted by Gasteiger charge is -2.30. The van der Waals surface area contributed by atoms with Crippen LogP contribution in [0.25, 0.3) is 0 Å². The van der Waals surface area contributed by atoms with Crippen molar-refractivity contribution in [3.05, 3.63) is 35.9 Å². The van der Waals surface area contributed by atoms with Crippen LogP contribution < -0.4 is 5.73 Å². The van der Waals surface area contributed by atoms with E-state index in [4.69, 9.17) is 10.6 Å². The molecule has 1 rings (SSSR count). The number of nitrogens with two attached hydrogens (primary N) is 1. The van der Waals surface area contributed by atoms with Gasteiger partial charge in [-0.1, -0.05) is 57.5 Å². The summed E-state index contributed by atoms with van der Waals surface area (Å²) in [5.74, 6) is -1.59. The molecule has 0 spiro atoms. The maximum atomic E-state index is 12.8. The molecule has 1 amide bonds. The molecule has 0 bridgehead atoms. The van der Waals surface area contributed by atoms with Crippen LogP contribution in [0, 0.1) is 5.92 Å². The molecule has 0 fully saturated rings. The van der Waals surface area contributed by atoms with E-state index in [1.54, 1.807) is 0 Å². The highest BCUT2D eigenvalue weighted by atomic mass is 16.7. The summed E-state index contributed by atoms with van der Waals surface area (Å²) in [6.45, 7) is 5.55. The van der Waals surface area contributed by atoms with E-state index >= 15 is 0 Å². The van der Waals surface area contributed by atoms with Gasteiger partial charge in [0.05, 0.1) is 6.61 Å². The minimum atomic E-state index is -1.25. The zero-order valence-electron chi connectivity index (χ0n) is 16.4. The summed E-state index contributed by atoms with van der Waals surface area (Å²) in [5.41, 5.74) is 7.04. The van der Waals surface area contributed by atoms with Gasteiger partial charge in [0, 0.05) is 25.5 Å². The highest BCUT2D eigenvalue weighted by molar-refractivity contribution is 5.83. The van der Waals surface area contributed by atoms with Crippen LogP contribution >= 0.6 is 0 Å². The van der Waals surface area contributed by atoms with E-state index < -0.39 is 17.9 Å². The van der Waals surface area contributed by atoms with Gasteiger partial charge in [0.1, 0.15) is 0 Å². The molecule has 152 valence electrons. The van der Waals surface area contributed by atoms with Gasteiger partial charge >= 0.3 is 5.97 Å². The molecule has 0 aromatic heterocycles. The second-order valence-corrected chi connectivity index (χ2v) is 6.95. The topological polar surface area (TPSA) is 113 Å². The summed E-state index contributed by atoms with van der Waals surface area (Å²) in [6, 6.07) is 7.94. The van der Waals surface area contributed by atoms with Crippen molar-refractivity contribution in [3.63, 3.8) is 0 Å². The Hall–Kier alpha value is -1.96. The summed E-state index contributed by atoms with van der Waals surface area (Å²) in [5, 5.41) is 19.6. The number of benzene rings is 1. The number of aliphatic hydroxyl groups is 1. The molecule has 0 aliphatic carbocycles. The van der Waals surface area contributed by atoms with E-state index in [1.165, 1.54) is 0 Å². The van der Waals surface area contributed by atoms with Crippen LogP contribution in [0.2, 0.25) is 0 Å². The largest absolute Gasteiger partial charge is 0.480 e. The van der Waals surface area contributed by atoms with Crippen molar-refractivity contribution in [2.24, 2.45) is 11.7 Å². The Kier molecular flexibility index (Phi) is 9.99. The Labute approximate surface area is 161 Å². The minimum Gasteiger partial charge on any atom is -0.480 e. The highest BCUT2D eigenvalue weighted by Gasteiger charge is 2.32. The molecule has 0 radical (unpaired) electrons. The van der Waals surface area contributed by atoms with Crippen LogP contribution in [-0.4, -0.2) is 52.5 Å². The number of hydrogen-bond donors (Lipinski definition) is 3. The summed E-state index contributed by atoms with van der Waals surface area (Å²) in [6.07, 6.45) is 0.833. The first-order chi connectivity index (χ1) is 12.8. The van der Waals surface area contributed by atoms with Gasteiger partial charge in [0.15, 0.2) is 6.04 Å². The average molecular weight is 380 g/mol. The van der Waals surface area contributed by atoms with Crippen molar-refractivity contribution in [3.8, 4) is 0 Å². The molecular formula is C20H32N2O5. The van der Waals surface area contributed by atoms with Gasteiger partial charge < -0.3 is 15.9 Å². The van der Waals surface area contributed by atoms with E-state index in [1.807, 2.05) is 51.1 Å². The zero-order valence-corrected chi connectivity index (χ0v) is 16.4. The normalized spacial score (nSPS) is 15.6. The van der Waals surface area contributed by atoms with Crippen molar-refractivity contribution in [2.75, 3.05) is 13.2 Å². The fraction of sp³-hybridized carbons (Fsp3) is 0.600. The Balaban J connectivity index is 2.90. The van der Waals surface area contributed by atoms with Crippen molar-refractivity contribution in [2.45, 2.75) is 58.0 Å². The molecule has 0 aliphatic heterocycles. The SMILES string of the molecule is CCC(C)C(N)CON(C(=O)C[C@H](C)c1ccccc1)[C@@H](CCO)C(=O)O. The van der Waals surface area contributed by atoms with E-state index in [-0.39, 0.29) is 43.9 Å². The van der Waals surface area contributed by atoms with Crippen LogP contribution in [-0.2, 0) is 14.4 Å². The monoisotopic (exact) mass is 380 g/mol. The van der Waals surface area contributed by atoms with E-state index in [0.717, 1.165) is 17.0 Å². The number of aliphatic hydroxyl groups excluding tert-OH is 1. The second-order valence-electron chi connectivity index (χ2n) is 6.95. The molecule has 4 atom stereocenters. The number of aliphatic carboxylic acids is 1. The number of hydrogen-bond acceptors (Lipinski definition) is 5. The maximum Gasteiger partial charge on any atom is 0.329 e. The highest BCUT2D eigenvalue weighted by Crippen LogP contribution is 2.21. The van der Waals surface area contributed by atoms with Crippen LogP contribution in [0.4, 0.5) is 0 Å². The fourth-order valence-corrected chi connectivity index (χ4v) is 2.68. The number of carboxylic acid groups (broad SMARTS) is 1. The standard InChI is InChI=1S/C20H32N2O5/c1-4-14(2)17(21)13-27-22(18(10-11-23)20(25)26)19(24)12-15(3)16-8-6-5-7-9-16/h5-9,14-15,17-18,23H,4,10-13,21H2,1-3H3,(H,25,26)/t14?,15-,17?,18-/m0/s1. The first-order valence-corrected chi connectivity index (χ1v) is 9.40. The molecule has 2 unspecified atom stereocenters. The number of carboxylic acids is 1. The molecule has 7 heteroatoms. The van der Waals surface area contributed by atoms with Gasteiger partial charge in [-0.25, -0.2) is 9.86 Å². The minimum absolute atomic E-state index is 0.0374. The number of rotatable bonds is 12. The average Bonchev–Trinajstić information content (AvgIpc) is 2.66. The zero-order chi connectivity index (χ0) is 20.4. The third-order valence-electron chi connectivity index (χ3n) is 4.85. The maximum absolute atomic E-state index is 12.8. The number of hydroxylamine groups is 2. The number of nitrogens with zero attached hydrogens (tertiary/aromatic N) is 1. The lowest BCUT2D eigenvalue weighted by Crippen LogP contribution is -2.48. The number of carbonyl (C=O) groups is 2. The van der Waals surface area contributed by atoms with E-state index in [9.17, 15) is 19.8 Å². The molecule has 4 N–H and O–H groups in total. The van der Waals surface area contributed by atoms with Gasteiger partial charge in [-0.2, -0.15) is 0 Å². The molecule has 1 aromatic rings. The quantitative estimate of drug-likeness (QED) is 0.479. The smallest absolute Gasteiger partial charge is 0.329 e. The molecule has 0 heterocycles. The van der Waals surface area contributed by atoms with Gasteiger partial charge in [0.2, 0.25) is 5.91 Å². The molecule has 0 saturated heterocycles. The van der Waals surface area contributed by atoms with Gasteiger partial charge in [-0.05, 0) is 17.4 Å². The molecule has 0 aliphatic rings. The summed E-state index contributed by atoms with van der Waals surface area (Å²) >= 11 is 0. The van der Waals surface area contributed by atoms with Crippen LogP contribution in [0.3, 0.4) is 0 Å². The van der Waals surface area contributed by atoms with Gasteiger partial charge in [0.25, 0.3) is 0 Å².